The van der Waals surface area contributed by atoms with Gasteiger partial charge in [-0.3, -0.25) is 4.90 Å². The van der Waals surface area contributed by atoms with Gasteiger partial charge in [0.05, 0.1) is 12.7 Å². The number of hydrogen-bond donors (Lipinski definition) is 1. The second kappa shape index (κ2) is 6.14. The van der Waals surface area contributed by atoms with Crippen LogP contribution >= 0.6 is 0 Å². The minimum atomic E-state index is 0.430. The SMILES string of the molecule is COC1CCN(C(CN)C2CCOC2)C(C)C1. The Hall–Kier alpha value is -0.160. The van der Waals surface area contributed by atoms with Gasteiger partial charge in [0.25, 0.3) is 0 Å². The average Bonchev–Trinajstić information content (AvgIpc) is 2.85. The van der Waals surface area contributed by atoms with Crippen molar-refractivity contribution in [3.8, 4) is 0 Å². The van der Waals surface area contributed by atoms with Crippen molar-refractivity contribution in [1.82, 2.24) is 4.90 Å². The lowest BCUT2D eigenvalue weighted by atomic mass is 9.91. The number of methoxy groups -OCH3 is 1. The lowest BCUT2D eigenvalue weighted by molar-refractivity contribution is -0.0120. The molecule has 100 valence electrons. The van der Waals surface area contributed by atoms with Crippen molar-refractivity contribution in [2.45, 2.75) is 44.4 Å². The summed E-state index contributed by atoms with van der Waals surface area (Å²) in [5.74, 6) is 0.626. The van der Waals surface area contributed by atoms with Crippen LogP contribution in [0.4, 0.5) is 0 Å². The Labute approximate surface area is 104 Å². The highest BCUT2D eigenvalue weighted by molar-refractivity contribution is 4.89. The summed E-state index contributed by atoms with van der Waals surface area (Å²) in [6.07, 6.45) is 3.85. The van der Waals surface area contributed by atoms with Gasteiger partial charge < -0.3 is 15.2 Å². The number of likely N-dealkylation sites (tertiary alicyclic amines) is 1. The summed E-state index contributed by atoms with van der Waals surface area (Å²) in [6, 6.07) is 1.06. The number of rotatable bonds is 4. The molecule has 0 aromatic carbocycles. The van der Waals surface area contributed by atoms with Crippen molar-refractivity contribution in [2.75, 3.05) is 33.4 Å². The average molecular weight is 242 g/mol. The topological polar surface area (TPSA) is 47.7 Å². The van der Waals surface area contributed by atoms with Gasteiger partial charge in [0.2, 0.25) is 0 Å². The van der Waals surface area contributed by atoms with Crippen LogP contribution in [0.5, 0.6) is 0 Å². The van der Waals surface area contributed by atoms with E-state index in [-0.39, 0.29) is 0 Å². The van der Waals surface area contributed by atoms with Gasteiger partial charge in [-0.05, 0) is 26.2 Å². The van der Waals surface area contributed by atoms with E-state index in [1.807, 2.05) is 7.11 Å². The third-order valence-corrected chi connectivity index (χ3v) is 4.39. The van der Waals surface area contributed by atoms with Crippen LogP contribution in [0.1, 0.15) is 26.2 Å². The van der Waals surface area contributed by atoms with Gasteiger partial charge in [-0.15, -0.1) is 0 Å². The minimum Gasteiger partial charge on any atom is -0.381 e. The van der Waals surface area contributed by atoms with E-state index in [1.54, 1.807) is 0 Å². The van der Waals surface area contributed by atoms with E-state index < -0.39 is 0 Å². The highest BCUT2D eigenvalue weighted by Gasteiger charge is 2.35. The summed E-state index contributed by atoms with van der Waals surface area (Å²) in [7, 11) is 1.82. The summed E-state index contributed by atoms with van der Waals surface area (Å²) in [6.45, 7) is 5.95. The molecule has 0 amide bonds. The molecule has 2 rings (SSSR count). The molecular weight excluding hydrogens is 216 g/mol. The van der Waals surface area contributed by atoms with Crippen LogP contribution in [0.15, 0.2) is 0 Å². The maximum absolute atomic E-state index is 5.98. The molecule has 0 radical (unpaired) electrons. The molecule has 0 bridgehead atoms. The minimum absolute atomic E-state index is 0.430. The van der Waals surface area contributed by atoms with E-state index in [0.29, 0.717) is 24.1 Å². The van der Waals surface area contributed by atoms with E-state index in [0.717, 1.165) is 39.1 Å². The van der Waals surface area contributed by atoms with Gasteiger partial charge in [-0.2, -0.15) is 0 Å². The third kappa shape index (κ3) is 2.99. The Morgan fingerprint density at radius 3 is 2.82 bits per heavy atom. The molecule has 4 nitrogen and oxygen atoms in total. The molecule has 4 atom stereocenters. The second-order valence-electron chi connectivity index (χ2n) is 5.40. The largest absolute Gasteiger partial charge is 0.381 e. The number of nitrogens with zero attached hydrogens (tertiary/aromatic N) is 1. The summed E-state index contributed by atoms with van der Waals surface area (Å²) >= 11 is 0. The van der Waals surface area contributed by atoms with Crippen molar-refractivity contribution >= 4 is 0 Å². The maximum Gasteiger partial charge on any atom is 0.0598 e. The van der Waals surface area contributed by atoms with Gasteiger partial charge in [-0.25, -0.2) is 0 Å². The third-order valence-electron chi connectivity index (χ3n) is 4.39. The van der Waals surface area contributed by atoms with Gasteiger partial charge in [-0.1, -0.05) is 0 Å². The summed E-state index contributed by atoms with van der Waals surface area (Å²) < 4.78 is 11.0. The Morgan fingerprint density at radius 2 is 2.29 bits per heavy atom. The number of piperidine rings is 1. The molecule has 2 aliphatic heterocycles. The lowest BCUT2D eigenvalue weighted by Crippen LogP contribution is -2.54. The predicted molar refractivity (Wildman–Crippen MR) is 68.0 cm³/mol. The highest BCUT2D eigenvalue weighted by Crippen LogP contribution is 2.27. The number of ether oxygens (including phenoxy) is 2. The van der Waals surface area contributed by atoms with Crippen molar-refractivity contribution in [3.05, 3.63) is 0 Å². The van der Waals surface area contributed by atoms with Crippen LogP contribution in [-0.4, -0.2) is 56.5 Å². The first-order chi connectivity index (χ1) is 8.26. The molecule has 4 heteroatoms. The normalized spacial score (nSPS) is 37.2. The van der Waals surface area contributed by atoms with Crippen LogP contribution in [0, 0.1) is 5.92 Å². The van der Waals surface area contributed by atoms with Crippen LogP contribution in [0.2, 0.25) is 0 Å². The zero-order valence-electron chi connectivity index (χ0n) is 11.1. The zero-order chi connectivity index (χ0) is 12.3. The molecule has 0 saturated carbocycles. The fourth-order valence-corrected chi connectivity index (χ4v) is 3.31. The molecule has 2 fully saturated rings. The molecule has 0 spiro atoms. The first kappa shape index (κ1) is 13.3. The van der Waals surface area contributed by atoms with E-state index in [2.05, 4.69) is 11.8 Å². The van der Waals surface area contributed by atoms with E-state index in [9.17, 15) is 0 Å². The van der Waals surface area contributed by atoms with Crippen molar-refractivity contribution in [1.29, 1.82) is 0 Å². The Kier molecular flexibility index (Phi) is 4.79. The molecule has 17 heavy (non-hydrogen) atoms. The number of hydrogen-bond acceptors (Lipinski definition) is 4. The van der Waals surface area contributed by atoms with Gasteiger partial charge in [0.1, 0.15) is 0 Å². The predicted octanol–water partition coefficient (Wildman–Crippen LogP) is 0.849. The monoisotopic (exact) mass is 242 g/mol. The molecule has 0 aliphatic carbocycles. The van der Waals surface area contributed by atoms with Crippen molar-refractivity contribution in [2.24, 2.45) is 11.7 Å². The molecule has 2 heterocycles. The second-order valence-corrected chi connectivity index (χ2v) is 5.40. The first-order valence-corrected chi connectivity index (χ1v) is 6.82. The maximum atomic E-state index is 5.98. The fraction of sp³-hybridized carbons (Fsp3) is 1.00. The van der Waals surface area contributed by atoms with Crippen molar-refractivity contribution in [3.63, 3.8) is 0 Å². The fourth-order valence-electron chi connectivity index (χ4n) is 3.31. The van der Waals surface area contributed by atoms with Crippen LogP contribution in [0.3, 0.4) is 0 Å². The Morgan fingerprint density at radius 1 is 1.47 bits per heavy atom. The number of nitrogens with two attached hydrogens (primary N) is 1. The van der Waals surface area contributed by atoms with Crippen LogP contribution in [-0.2, 0) is 9.47 Å². The van der Waals surface area contributed by atoms with Crippen LogP contribution in [0.25, 0.3) is 0 Å². The first-order valence-electron chi connectivity index (χ1n) is 6.82. The highest BCUT2D eigenvalue weighted by atomic mass is 16.5. The lowest BCUT2D eigenvalue weighted by Gasteiger charge is -2.43. The van der Waals surface area contributed by atoms with E-state index in [1.165, 1.54) is 6.42 Å². The van der Waals surface area contributed by atoms with Gasteiger partial charge in [0, 0.05) is 44.8 Å². The smallest absolute Gasteiger partial charge is 0.0598 e. The van der Waals surface area contributed by atoms with Crippen LogP contribution < -0.4 is 5.73 Å². The molecule has 2 saturated heterocycles. The Bertz CT molecular complexity index is 231. The summed E-state index contributed by atoms with van der Waals surface area (Å²) in [5.41, 5.74) is 5.98. The summed E-state index contributed by atoms with van der Waals surface area (Å²) in [4.78, 5) is 2.58. The summed E-state index contributed by atoms with van der Waals surface area (Å²) in [5, 5.41) is 0. The molecule has 4 unspecified atom stereocenters. The quantitative estimate of drug-likeness (QED) is 0.794. The molecule has 2 N–H and O–H groups in total. The molecule has 2 aliphatic rings. The molecular formula is C13H26N2O2. The molecule has 0 aromatic rings. The zero-order valence-corrected chi connectivity index (χ0v) is 11.1. The van der Waals surface area contributed by atoms with E-state index in [4.69, 9.17) is 15.2 Å². The van der Waals surface area contributed by atoms with Crippen molar-refractivity contribution < 1.29 is 9.47 Å². The van der Waals surface area contributed by atoms with E-state index >= 15 is 0 Å². The standard InChI is InChI=1S/C13H26N2O2/c1-10-7-12(16-2)3-5-15(10)13(8-14)11-4-6-17-9-11/h10-13H,3-9,14H2,1-2H3. The Balaban J connectivity index is 1.94. The van der Waals surface area contributed by atoms with Gasteiger partial charge in [0.15, 0.2) is 0 Å². The van der Waals surface area contributed by atoms with Gasteiger partial charge >= 0.3 is 0 Å². The molecule has 0 aromatic heterocycles.